The summed E-state index contributed by atoms with van der Waals surface area (Å²) in [5, 5.41) is 2.90. The van der Waals surface area contributed by atoms with Gasteiger partial charge in [-0.25, -0.2) is 4.98 Å². The van der Waals surface area contributed by atoms with Crippen LogP contribution in [0.25, 0.3) is 0 Å². The average molecular weight is 272 g/mol. The van der Waals surface area contributed by atoms with Gasteiger partial charge in [0.25, 0.3) is 0 Å². The molecule has 1 amide bonds. The molecule has 0 aliphatic carbocycles. The van der Waals surface area contributed by atoms with Crippen LogP contribution in [-0.2, 0) is 11.3 Å². The SMILES string of the molecule is O=C(NCc1ccco1)[C@H]1CCCN1c1cnccn1. The highest BCUT2D eigenvalue weighted by Gasteiger charge is 2.31. The maximum atomic E-state index is 12.3. The molecule has 104 valence electrons. The Morgan fingerprint density at radius 3 is 3.20 bits per heavy atom. The second kappa shape index (κ2) is 5.73. The molecule has 0 unspecified atom stereocenters. The van der Waals surface area contributed by atoms with Crippen molar-refractivity contribution in [2.24, 2.45) is 0 Å². The van der Waals surface area contributed by atoms with E-state index in [9.17, 15) is 4.79 Å². The van der Waals surface area contributed by atoms with Crippen molar-refractivity contribution in [1.29, 1.82) is 0 Å². The molecule has 1 saturated heterocycles. The number of aromatic nitrogens is 2. The molecule has 6 nitrogen and oxygen atoms in total. The fraction of sp³-hybridized carbons (Fsp3) is 0.357. The number of anilines is 1. The lowest BCUT2D eigenvalue weighted by Gasteiger charge is -2.24. The Morgan fingerprint density at radius 1 is 1.50 bits per heavy atom. The van der Waals surface area contributed by atoms with Gasteiger partial charge in [0.05, 0.1) is 19.0 Å². The van der Waals surface area contributed by atoms with E-state index in [-0.39, 0.29) is 11.9 Å². The Hall–Kier alpha value is -2.37. The summed E-state index contributed by atoms with van der Waals surface area (Å²) in [5.74, 6) is 1.51. The molecule has 1 aliphatic rings. The molecule has 1 fully saturated rings. The minimum absolute atomic E-state index is 0.00422. The van der Waals surface area contributed by atoms with Crippen molar-refractivity contribution < 1.29 is 9.21 Å². The molecule has 3 heterocycles. The van der Waals surface area contributed by atoms with Gasteiger partial charge in [0.15, 0.2) is 0 Å². The Labute approximate surface area is 116 Å². The van der Waals surface area contributed by atoms with Crippen molar-refractivity contribution in [2.75, 3.05) is 11.4 Å². The zero-order valence-corrected chi connectivity index (χ0v) is 11.0. The fourth-order valence-electron chi connectivity index (χ4n) is 2.46. The van der Waals surface area contributed by atoms with E-state index in [0.29, 0.717) is 6.54 Å². The minimum Gasteiger partial charge on any atom is -0.467 e. The molecule has 1 N–H and O–H groups in total. The van der Waals surface area contributed by atoms with Gasteiger partial charge in [0.1, 0.15) is 17.6 Å². The van der Waals surface area contributed by atoms with Gasteiger partial charge < -0.3 is 14.6 Å². The van der Waals surface area contributed by atoms with Gasteiger partial charge in [-0.05, 0) is 25.0 Å². The Morgan fingerprint density at radius 2 is 2.45 bits per heavy atom. The van der Waals surface area contributed by atoms with E-state index in [4.69, 9.17) is 4.42 Å². The maximum Gasteiger partial charge on any atom is 0.243 e. The second-order valence-corrected chi connectivity index (χ2v) is 4.71. The number of carbonyl (C=O) groups excluding carboxylic acids is 1. The van der Waals surface area contributed by atoms with Gasteiger partial charge in [0, 0.05) is 18.9 Å². The van der Waals surface area contributed by atoms with Crippen LogP contribution in [0.15, 0.2) is 41.4 Å². The Balaban J connectivity index is 1.64. The molecular weight excluding hydrogens is 256 g/mol. The first-order chi connectivity index (χ1) is 9.84. The molecule has 0 radical (unpaired) electrons. The molecule has 3 rings (SSSR count). The van der Waals surface area contributed by atoms with E-state index in [1.54, 1.807) is 24.9 Å². The second-order valence-electron chi connectivity index (χ2n) is 4.71. The van der Waals surface area contributed by atoms with Crippen LogP contribution in [-0.4, -0.2) is 28.5 Å². The third-order valence-corrected chi connectivity index (χ3v) is 3.42. The van der Waals surface area contributed by atoms with Crippen LogP contribution in [0.1, 0.15) is 18.6 Å². The highest BCUT2D eigenvalue weighted by Crippen LogP contribution is 2.23. The van der Waals surface area contributed by atoms with E-state index < -0.39 is 0 Å². The Bertz CT molecular complexity index is 556. The van der Waals surface area contributed by atoms with Crippen molar-refractivity contribution >= 4 is 11.7 Å². The zero-order valence-electron chi connectivity index (χ0n) is 11.0. The van der Waals surface area contributed by atoms with Crippen molar-refractivity contribution in [3.8, 4) is 0 Å². The molecule has 0 aromatic carbocycles. The first-order valence-corrected chi connectivity index (χ1v) is 6.67. The number of rotatable bonds is 4. The number of amides is 1. The molecule has 2 aromatic heterocycles. The lowest BCUT2D eigenvalue weighted by atomic mass is 10.2. The first-order valence-electron chi connectivity index (χ1n) is 6.67. The topological polar surface area (TPSA) is 71.3 Å². The molecule has 1 atom stereocenters. The quantitative estimate of drug-likeness (QED) is 0.909. The fourth-order valence-corrected chi connectivity index (χ4v) is 2.46. The summed E-state index contributed by atoms with van der Waals surface area (Å²) in [7, 11) is 0. The number of hydrogen-bond donors (Lipinski definition) is 1. The molecule has 2 aromatic rings. The van der Waals surface area contributed by atoms with Crippen LogP contribution in [0.4, 0.5) is 5.82 Å². The van der Waals surface area contributed by atoms with Crippen molar-refractivity contribution in [2.45, 2.75) is 25.4 Å². The Kier molecular flexibility index (Phi) is 3.62. The van der Waals surface area contributed by atoms with Crippen molar-refractivity contribution in [1.82, 2.24) is 15.3 Å². The monoisotopic (exact) mass is 272 g/mol. The van der Waals surface area contributed by atoms with Crippen molar-refractivity contribution in [3.05, 3.63) is 42.7 Å². The molecule has 20 heavy (non-hydrogen) atoms. The number of hydrogen-bond acceptors (Lipinski definition) is 5. The minimum atomic E-state index is -0.179. The van der Waals surface area contributed by atoms with E-state index >= 15 is 0 Å². The van der Waals surface area contributed by atoms with Crippen LogP contribution in [0.5, 0.6) is 0 Å². The third-order valence-electron chi connectivity index (χ3n) is 3.42. The van der Waals surface area contributed by atoms with Crippen LogP contribution in [0.3, 0.4) is 0 Å². The molecule has 0 bridgehead atoms. The smallest absolute Gasteiger partial charge is 0.243 e. The van der Waals surface area contributed by atoms with Crippen LogP contribution in [0, 0.1) is 0 Å². The van der Waals surface area contributed by atoms with Gasteiger partial charge in [-0.1, -0.05) is 0 Å². The average Bonchev–Trinajstić information content (AvgIpc) is 3.17. The standard InChI is InChI=1S/C14H16N4O2/c19-14(17-9-11-3-2-8-20-11)12-4-1-7-18(12)13-10-15-5-6-16-13/h2-3,5-6,8,10,12H,1,4,7,9H2,(H,17,19)/t12-/m1/s1. The summed E-state index contributed by atoms with van der Waals surface area (Å²) < 4.78 is 5.21. The predicted molar refractivity (Wildman–Crippen MR) is 73.0 cm³/mol. The number of nitrogens with zero attached hydrogens (tertiary/aromatic N) is 3. The van der Waals surface area contributed by atoms with Crippen LogP contribution < -0.4 is 10.2 Å². The summed E-state index contributed by atoms with van der Waals surface area (Å²) in [6.07, 6.45) is 8.38. The largest absolute Gasteiger partial charge is 0.467 e. The summed E-state index contributed by atoms with van der Waals surface area (Å²) >= 11 is 0. The molecule has 0 saturated carbocycles. The van der Waals surface area contributed by atoms with E-state index in [2.05, 4.69) is 15.3 Å². The predicted octanol–water partition coefficient (Wildman–Crippen LogP) is 1.35. The molecule has 6 heteroatoms. The number of furan rings is 1. The molecule has 1 aliphatic heterocycles. The lowest BCUT2D eigenvalue weighted by molar-refractivity contribution is -0.122. The third kappa shape index (κ3) is 2.64. The van der Waals surface area contributed by atoms with E-state index in [0.717, 1.165) is 31.0 Å². The molecule has 0 spiro atoms. The highest BCUT2D eigenvalue weighted by atomic mass is 16.3. The van der Waals surface area contributed by atoms with Gasteiger partial charge in [-0.15, -0.1) is 0 Å². The maximum absolute atomic E-state index is 12.3. The molecular formula is C14H16N4O2. The summed E-state index contributed by atoms with van der Waals surface area (Å²) in [6.45, 7) is 1.24. The highest BCUT2D eigenvalue weighted by molar-refractivity contribution is 5.85. The van der Waals surface area contributed by atoms with E-state index in [1.807, 2.05) is 17.0 Å². The lowest BCUT2D eigenvalue weighted by Crippen LogP contribution is -2.43. The number of carbonyl (C=O) groups is 1. The van der Waals surface area contributed by atoms with Gasteiger partial charge in [-0.3, -0.25) is 9.78 Å². The normalized spacial score (nSPS) is 18.2. The van der Waals surface area contributed by atoms with Crippen LogP contribution >= 0.6 is 0 Å². The van der Waals surface area contributed by atoms with E-state index in [1.165, 1.54) is 0 Å². The summed E-state index contributed by atoms with van der Waals surface area (Å²) in [6, 6.07) is 3.47. The first kappa shape index (κ1) is 12.7. The number of nitrogens with one attached hydrogen (secondary N) is 1. The van der Waals surface area contributed by atoms with Crippen LogP contribution in [0.2, 0.25) is 0 Å². The summed E-state index contributed by atoms with van der Waals surface area (Å²) in [5.41, 5.74) is 0. The van der Waals surface area contributed by atoms with Gasteiger partial charge in [0.2, 0.25) is 5.91 Å². The van der Waals surface area contributed by atoms with Crippen molar-refractivity contribution in [3.63, 3.8) is 0 Å². The van der Waals surface area contributed by atoms with Gasteiger partial charge in [-0.2, -0.15) is 0 Å². The summed E-state index contributed by atoms with van der Waals surface area (Å²) in [4.78, 5) is 22.6. The van der Waals surface area contributed by atoms with Gasteiger partial charge >= 0.3 is 0 Å². The zero-order chi connectivity index (χ0) is 13.8.